The SMILES string of the molecule is CNC(=O)c1c(-c2ccc(F)cc2)oc2cc(N(C)C)c(-c3ccc(OC)c(-c4nc5c(C#N)cccc5o4)c3)cc12. The molecule has 208 valence electrons. The predicted octanol–water partition coefficient (Wildman–Crippen LogP) is 7.02. The Kier molecular flexibility index (Phi) is 6.59. The molecule has 1 amide bonds. The molecule has 6 aromatic rings. The molecule has 42 heavy (non-hydrogen) atoms. The maximum absolute atomic E-state index is 13.7. The van der Waals surface area contributed by atoms with Crippen LogP contribution in [0.2, 0.25) is 0 Å². The minimum absolute atomic E-state index is 0.312. The van der Waals surface area contributed by atoms with Crippen LogP contribution in [0.15, 0.2) is 81.6 Å². The Morgan fingerprint density at radius 1 is 0.976 bits per heavy atom. The first kappa shape index (κ1) is 26.6. The van der Waals surface area contributed by atoms with E-state index >= 15 is 0 Å². The Morgan fingerprint density at radius 3 is 2.43 bits per heavy atom. The van der Waals surface area contributed by atoms with Gasteiger partial charge in [0.15, 0.2) is 5.58 Å². The van der Waals surface area contributed by atoms with Gasteiger partial charge in [0.1, 0.15) is 34.5 Å². The molecule has 0 saturated carbocycles. The van der Waals surface area contributed by atoms with Crippen molar-refractivity contribution in [2.75, 3.05) is 33.2 Å². The molecule has 6 rings (SSSR count). The number of aromatic nitrogens is 1. The van der Waals surface area contributed by atoms with E-state index in [4.69, 9.17) is 13.6 Å². The second kappa shape index (κ2) is 10.4. The van der Waals surface area contributed by atoms with E-state index in [1.54, 1.807) is 44.5 Å². The number of nitriles is 1. The van der Waals surface area contributed by atoms with Gasteiger partial charge >= 0.3 is 0 Å². The first-order valence-electron chi connectivity index (χ1n) is 13.1. The summed E-state index contributed by atoms with van der Waals surface area (Å²) in [5.74, 6) is 0.496. The molecule has 0 spiro atoms. The first-order chi connectivity index (χ1) is 20.3. The van der Waals surface area contributed by atoms with Gasteiger partial charge in [-0.25, -0.2) is 9.37 Å². The normalized spacial score (nSPS) is 11.0. The van der Waals surface area contributed by atoms with Crippen LogP contribution in [0, 0.1) is 17.1 Å². The van der Waals surface area contributed by atoms with Gasteiger partial charge in [0.05, 0.1) is 23.8 Å². The predicted molar refractivity (Wildman–Crippen MR) is 159 cm³/mol. The maximum atomic E-state index is 13.7. The average Bonchev–Trinajstić information content (AvgIpc) is 3.61. The lowest BCUT2D eigenvalue weighted by atomic mass is 9.96. The van der Waals surface area contributed by atoms with Crippen molar-refractivity contribution >= 4 is 33.7 Å². The van der Waals surface area contributed by atoms with E-state index in [1.807, 2.05) is 49.3 Å². The van der Waals surface area contributed by atoms with Gasteiger partial charge in [-0.2, -0.15) is 5.26 Å². The van der Waals surface area contributed by atoms with Crippen LogP contribution in [0.25, 0.3) is 56.0 Å². The molecule has 0 aliphatic heterocycles. The minimum Gasteiger partial charge on any atom is -0.496 e. The summed E-state index contributed by atoms with van der Waals surface area (Å²) in [6.45, 7) is 0. The number of hydrogen-bond acceptors (Lipinski definition) is 7. The molecule has 2 heterocycles. The second-order valence-electron chi connectivity index (χ2n) is 9.85. The van der Waals surface area contributed by atoms with Crippen molar-refractivity contribution in [3.05, 3.63) is 89.7 Å². The lowest BCUT2D eigenvalue weighted by Gasteiger charge is -2.19. The van der Waals surface area contributed by atoms with Crippen LogP contribution < -0.4 is 15.0 Å². The van der Waals surface area contributed by atoms with Crippen LogP contribution in [0.4, 0.5) is 10.1 Å². The Labute approximate surface area is 240 Å². The number of oxazole rings is 1. The number of rotatable bonds is 6. The van der Waals surface area contributed by atoms with Gasteiger partial charge in [0.2, 0.25) is 5.89 Å². The van der Waals surface area contributed by atoms with Gasteiger partial charge in [-0.1, -0.05) is 12.1 Å². The van der Waals surface area contributed by atoms with Crippen molar-refractivity contribution in [2.24, 2.45) is 0 Å². The Balaban J connectivity index is 1.59. The van der Waals surface area contributed by atoms with Crippen LogP contribution in [0.5, 0.6) is 5.75 Å². The third-order valence-corrected chi connectivity index (χ3v) is 7.13. The molecule has 0 unspecified atom stereocenters. The molecule has 0 fully saturated rings. The highest BCUT2D eigenvalue weighted by Crippen LogP contribution is 2.43. The maximum Gasteiger partial charge on any atom is 0.255 e. The molecule has 2 aromatic heterocycles. The van der Waals surface area contributed by atoms with Crippen LogP contribution in [-0.2, 0) is 0 Å². The zero-order valence-electron chi connectivity index (χ0n) is 23.3. The number of ether oxygens (including phenoxy) is 1. The summed E-state index contributed by atoms with van der Waals surface area (Å²) < 4.78 is 31.6. The number of hydrogen-bond donors (Lipinski definition) is 1. The van der Waals surface area contributed by atoms with E-state index in [1.165, 1.54) is 12.1 Å². The zero-order valence-corrected chi connectivity index (χ0v) is 23.3. The Morgan fingerprint density at radius 2 is 1.74 bits per heavy atom. The number of para-hydroxylation sites is 1. The van der Waals surface area contributed by atoms with E-state index in [0.717, 1.165) is 16.8 Å². The second-order valence-corrected chi connectivity index (χ2v) is 9.85. The molecule has 0 saturated heterocycles. The highest BCUT2D eigenvalue weighted by atomic mass is 19.1. The summed E-state index contributed by atoms with van der Waals surface area (Å²) in [4.78, 5) is 19.7. The number of carbonyl (C=O) groups excluding carboxylic acids is 1. The monoisotopic (exact) mass is 560 g/mol. The van der Waals surface area contributed by atoms with Crippen molar-refractivity contribution < 1.29 is 22.8 Å². The smallest absolute Gasteiger partial charge is 0.255 e. The zero-order chi connectivity index (χ0) is 29.5. The summed E-state index contributed by atoms with van der Waals surface area (Å²) >= 11 is 0. The standard InChI is InChI=1S/C33H25FN4O4/c1-36-32(39)29-23-15-22(25(38(2)3)16-28(23)41-31(29)18-8-11-21(34)12-9-18)19-10-13-26(40-4)24(14-19)33-37-30-20(17-35)6-5-7-27(30)42-33/h5-16H,1-4H3,(H,36,39). The van der Waals surface area contributed by atoms with Crippen LogP contribution in [-0.4, -0.2) is 39.1 Å². The van der Waals surface area contributed by atoms with Crippen LogP contribution in [0.3, 0.4) is 0 Å². The van der Waals surface area contributed by atoms with Gasteiger partial charge in [-0.05, 0) is 60.2 Å². The van der Waals surface area contributed by atoms with Crippen LogP contribution >= 0.6 is 0 Å². The van der Waals surface area contributed by atoms with Crippen molar-refractivity contribution in [3.8, 4) is 45.7 Å². The van der Waals surface area contributed by atoms with Gasteiger partial charge in [-0.3, -0.25) is 4.79 Å². The van der Waals surface area contributed by atoms with Crippen molar-refractivity contribution in [1.82, 2.24) is 10.3 Å². The number of furan rings is 1. The molecule has 4 aromatic carbocycles. The number of nitrogens with one attached hydrogen (secondary N) is 1. The third-order valence-electron chi connectivity index (χ3n) is 7.13. The van der Waals surface area contributed by atoms with Gasteiger partial charge in [-0.15, -0.1) is 0 Å². The summed E-state index contributed by atoms with van der Waals surface area (Å²) in [6, 6.07) is 22.6. The van der Waals surface area contributed by atoms with Crippen molar-refractivity contribution in [3.63, 3.8) is 0 Å². The average molecular weight is 561 g/mol. The molecule has 0 radical (unpaired) electrons. The van der Waals surface area contributed by atoms with E-state index < -0.39 is 0 Å². The molecule has 0 atom stereocenters. The van der Waals surface area contributed by atoms with Crippen LogP contribution in [0.1, 0.15) is 15.9 Å². The quantitative estimate of drug-likeness (QED) is 0.233. The van der Waals surface area contributed by atoms with E-state index in [2.05, 4.69) is 16.4 Å². The molecule has 1 N–H and O–H groups in total. The summed E-state index contributed by atoms with van der Waals surface area (Å²) in [5.41, 5.74) is 5.90. The Hall–Kier alpha value is -5.62. The molecule has 9 heteroatoms. The number of anilines is 1. The fourth-order valence-corrected chi connectivity index (χ4v) is 5.08. The Bertz CT molecular complexity index is 2030. The number of halogens is 1. The van der Waals surface area contributed by atoms with Gasteiger partial charge < -0.3 is 23.8 Å². The summed E-state index contributed by atoms with van der Waals surface area (Å²) in [5, 5.41) is 12.8. The first-order valence-corrected chi connectivity index (χ1v) is 13.1. The number of methoxy groups -OCH3 is 1. The lowest BCUT2D eigenvalue weighted by Crippen LogP contribution is -2.18. The summed E-state index contributed by atoms with van der Waals surface area (Å²) in [6.07, 6.45) is 0. The van der Waals surface area contributed by atoms with E-state index in [0.29, 0.717) is 61.7 Å². The highest BCUT2D eigenvalue weighted by molar-refractivity contribution is 6.13. The van der Waals surface area contributed by atoms with Crippen molar-refractivity contribution in [2.45, 2.75) is 0 Å². The van der Waals surface area contributed by atoms with Crippen molar-refractivity contribution in [1.29, 1.82) is 5.26 Å². The molecule has 0 bridgehead atoms. The molecule has 0 aliphatic carbocycles. The number of benzene rings is 4. The molecular formula is C33H25FN4O4. The number of fused-ring (bicyclic) bond motifs is 2. The number of nitrogens with zero attached hydrogens (tertiary/aromatic N) is 3. The van der Waals surface area contributed by atoms with E-state index in [-0.39, 0.29) is 11.7 Å². The topological polar surface area (TPSA) is 105 Å². The molecule has 8 nitrogen and oxygen atoms in total. The minimum atomic E-state index is -0.383. The fourth-order valence-electron chi connectivity index (χ4n) is 5.08. The summed E-state index contributed by atoms with van der Waals surface area (Å²) in [7, 11) is 6.96. The van der Waals surface area contributed by atoms with E-state index in [9.17, 15) is 14.4 Å². The fraction of sp³-hybridized carbons (Fsp3) is 0.121. The molecular weight excluding hydrogens is 535 g/mol. The number of carbonyl (C=O) groups is 1. The van der Waals surface area contributed by atoms with Gasteiger partial charge in [0, 0.05) is 49.4 Å². The van der Waals surface area contributed by atoms with Gasteiger partial charge in [0.25, 0.3) is 5.91 Å². The lowest BCUT2D eigenvalue weighted by molar-refractivity contribution is 0.0964. The molecule has 0 aliphatic rings. The number of amides is 1. The highest BCUT2D eigenvalue weighted by Gasteiger charge is 2.25. The largest absolute Gasteiger partial charge is 0.496 e. The third kappa shape index (κ3) is 4.39.